The fraction of sp³-hybridized carbons (Fsp3) is 0.700. The normalized spacial score (nSPS) is 31.2. The summed E-state index contributed by atoms with van der Waals surface area (Å²) in [6.07, 6.45) is 6.85. The Labute approximate surface area is 73.2 Å². The van der Waals surface area contributed by atoms with Crippen LogP contribution in [0, 0.1) is 0 Å². The van der Waals surface area contributed by atoms with E-state index in [1.54, 1.807) is 0 Å². The smallest absolute Gasteiger partial charge is 0.169 e. The van der Waals surface area contributed by atoms with E-state index >= 15 is 0 Å². The Balaban J connectivity index is 2.22. The highest BCUT2D eigenvalue weighted by Gasteiger charge is 2.27. The van der Waals surface area contributed by atoms with Crippen LogP contribution in [0.3, 0.4) is 0 Å². The van der Waals surface area contributed by atoms with Crippen molar-refractivity contribution in [1.82, 2.24) is 4.90 Å². The van der Waals surface area contributed by atoms with E-state index < -0.39 is 0 Å². The molecule has 66 valence electrons. The van der Waals surface area contributed by atoms with Crippen LogP contribution in [0.5, 0.6) is 0 Å². The molecule has 12 heavy (non-hydrogen) atoms. The molecule has 1 aliphatic heterocycles. The van der Waals surface area contributed by atoms with Crippen LogP contribution >= 0.6 is 0 Å². The van der Waals surface area contributed by atoms with Crippen LogP contribution in [0.4, 0.5) is 0 Å². The van der Waals surface area contributed by atoms with Crippen molar-refractivity contribution < 1.29 is 4.79 Å². The average molecular weight is 165 g/mol. The molecule has 0 aromatic heterocycles. The first kappa shape index (κ1) is 7.99. The molecular formula is C10H15NO. The standard InChI is InChI=1S/C10H15NO/c1-11-7-9(12)6-8-4-2-3-5-10(8)11/h6,10H,2-5,7H2,1H3. The average Bonchev–Trinajstić information content (AvgIpc) is 2.04. The Bertz CT molecular complexity index is 232. The summed E-state index contributed by atoms with van der Waals surface area (Å²) < 4.78 is 0. The van der Waals surface area contributed by atoms with Crippen molar-refractivity contribution in [2.24, 2.45) is 0 Å². The number of rotatable bonds is 0. The van der Waals surface area contributed by atoms with Crippen molar-refractivity contribution in [3.63, 3.8) is 0 Å². The Kier molecular flexibility index (Phi) is 2.01. The molecule has 0 aromatic rings. The molecule has 2 heteroatoms. The van der Waals surface area contributed by atoms with Crippen LogP contribution in [0.1, 0.15) is 25.7 Å². The number of ketones is 1. The summed E-state index contributed by atoms with van der Waals surface area (Å²) in [4.78, 5) is 13.4. The third-order valence-electron chi connectivity index (χ3n) is 2.90. The minimum Gasteiger partial charge on any atom is -0.293 e. The molecule has 0 saturated heterocycles. The van der Waals surface area contributed by atoms with E-state index in [4.69, 9.17) is 0 Å². The number of fused-ring (bicyclic) bond motifs is 1. The van der Waals surface area contributed by atoms with Gasteiger partial charge in [0.25, 0.3) is 0 Å². The summed E-state index contributed by atoms with van der Waals surface area (Å²) in [5.41, 5.74) is 1.38. The van der Waals surface area contributed by atoms with Gasteiger partial charge in [-0.15, -0.1) is 0 Å². The molecule has 1 saturated carbocycles. The van der Waals surface area contributed by atoms with Crippen LogP contribution in [0.15, 0.2) is 11.6 Å². The predicted molar refractivity (Wildman–Crippen MR) is 48.0 cm³/mol. The second-order valence-corrected chi connectivity index (χ2v) is 3.86. The van der Waals surface area contributed by atoms with Gasteiger partial charge < -0.3 is 0 Å². The van der Waals surface area contributed by atoms with Gasteiger partial charge in [0.2, 0.25) is 0 Å². The quantitative estimate of drug-likeness (QED) is 0.540. The molecule has 2 rings (SSSR count). The van der Waals surface area contributed by atoms with Crippen molar-refractivity contribution in [3.8, 4) is 0 Å². The van der Waals surface area contributed by atoms with E-state index in [9.17, 15) is 4.79 Å². The molecule has 0 bridgehead atoms. The maximum Gasteiger partial charge on any atom is 0.169 e. The van der Waals surface area contributed by atoms with Gasteiger partial charge in [0.15, 0.2) is 5.78 Å². The number of nitrogens with zero attached hydrogens (tertiary/aromatic N) is 1. The summed E-state index contributed by atoms with van der Waals surface area (Å²) in [5.74, 6) is 0.283. The van der Waals surface area contributed by atoms with E-state index in [1.807, 2.05) is 6.08 Å². The molecule has 0 spiro atoms. The highest BCUT2D eigenvalue weighted by molar-refractivity contribution is 5.93. The first-order valence-electron chi connectivity index (χ1n) is 4.71. The number of carbonyl (C=O) groups excluding carboxylic acids is 1. The molecule has 1 heterocycles. The second-order valence-electron chi connectivity index (χ2n) is 3.86. The lowest BCUT2D eigenvalue weighted by Gasteiger charge is -2.35. The molecule has 1 atom stereocenters. The summed E-state index contributed by atoms with van der Waals surface area (Å²) in [6, 6.07) is 0.580. The van der Waals surface area contributed by atoms with Gasteiger partial charge in [-0.25, -0.2) is 0 Å². The van der Waals surface area contributed by atoms with Gasteiger partial charge in [0.1, 0.15) is 0 Å². The summed E-state index contributed by atoms with van der Waals surface area (Å²) in [5, 5.41) is 0. The Morgan fingerprint density at radius 2 is 2.33 bits per heavy atom. The molecule has 1 aliphatic carbocycles. The Morgan fingerprint density at radius 1 is 1.50 bits per heavy atom. The molecule has 0 radical (unpaired) electrons. The van der Waals surface area contributed by atoms with E-state index in [0.29, 0.717) is 12.6 Å². The number of likely N-dealkylation sites (N-methyl/N-ethyl adjacent to an activating group) is 1. The SMILES string of the molecule is CN1CC(=O)C=C2CCCCC21. The van der Waals surface area contributed by atoms with Gasteiger partial charge in [-0.05, 0) is 38.0 Å². The Morgan fingerprint density at radius 3 is 3.17 bits per heavy atom. The topological polar surface area (TPSA) is 20.3 Å². The van der Waals surface area contributed by atoms with Crippen LogP contribution in [-0.4, -0.2) is 30.3 Å². The fourth-order valence-electron chi connectivity index (χ4n) is 2.30. The lowest BCUT2D eigenvalue weighted by Crippen LogP contribution is -2.42. The molecule has 0 N–H and O–H groups in total. The van der Waals surface area contributed by atoms with Crippen molar-refractivity contribution in [2.75, 3.05) is 13.6 Å². The lowest BCUT2D eigenvalue weighted by molar-refractivity contribution is -0.116. The van der Waals surface area contributed by atoms with Gasteiger partial charge in [0.05, 0.1) is 6.54 Å². The molecule has 1 fully saturated rings. The second kappa shape index (κ2) is 3.02. The number of hydrogen-bond donors (Lipinski definition) is 0. The third-order valence-corrected chi connectivity index (χ3v) is 2.90. The number of carbonyl (C=O) groups is 1. The number of hydrogen-bond acceptors (Lipinski definition) is 2. The van der Waals surface area contributed by atoms with Crippen LogP contribution < -0.4 is 0 Å². The van der Waals surface area contributed by atoms with Crippen molar-refractivity contribution in [2.45, 2.75) is 31.7 Å². The molecule has 2 nitrogen and oxygen atoms in total. The first-order valence-corrected chi connectivity index (χ1v) is 4.71. The van der Waals surface area contributed by atoms with Crippen molar-refractivity contribution >= 4 is 5.78 Å². The van der Waals surface area contributed by atoms with Crippen LogP contribution in [-0.2, 0) is 4.79 Å². The largest absolute Gasteiger partial charge is 0.293 e. The molecule has 0 amide bonds. The van der Waals surface area contributed by atoms with Gasteiger partial charge >= 0.3 is 0 Å². The maximum atomic E-state index is 11.2. The zero-order valence-corrected chi connectivity index (χ0v) is 7.55. The molecule has 1 unspecified atom stereocenters. The molecular weight excluding hydrogens is 150 g/mol. The minimum atomic E-state index is 0.283. The van der Waals surface area contributed by atoms with Crippen molar-refractivity contribution in [1.29, 1.82) is 0 Å². The van der Waals surface area contributed by atoms with Crippen molar-refractivity contribution in [3.05, 3.63) is 11.6 Å². The maximum absolute atomic E-state index is 11.2. The Hall–Kier alpha value is -0.630. The van der Waals surface area contributed by atoms with E-state index in [1.165, 1.54) is 24.8 Å². The fourth-order valence-corrected chi connectivity index (χ4v) is 2.30. The van der Waals surface area contributed by atoms with Gasteiger partial charge in [-0.1, -0.05) is 6.42 Å². The molecule has 0 aromatic carbocycles. The van der Waals surface area contributed by atoms with Crippen LogP contribution in [0.25, 0.3) is 0 Å². The zero-order valence-electron chi connectivity index (χ0n) is 7.55. The summed E-state index contributed by atoms with van der Waals surface area (Å²) in [7, 11) is 2.06. The first-order chi connectivity index (χ1) is 5.77. The predicted octanol–water partition coefficient (Wildman–Crippen LogP) is 1.37. The van der Waals surface area contributed by atoms with Gasteiger partial charge in [-0.3, -0.25) is 9.69 Å². The summed E-state index contributed by atoms with van der Waals surface area (Å²) in [6.45, 7) is 0.619. The van der Waals surface area contributed by atoms with Gasteiger partial charge in [-0.2, -0.15) is 0 Å². The minimum absolute atomic E-state index is 0.283. The van der Waals surface area contributed by atoms with Crippen LogP contribution in [0.2, 0.25) is 0 Å². The third kappa shape index (κ3) is 1.31. The zero-order chi connectivity index (χ0) is 8.55. The van der Waals surface area contributed by atoms with Gasteiger partial charge in [0, 0.05) is 6.04 Å². The highest BCUT2D eigenvalue weighted by Crippen LogP contribution is 2.29. The molecule has 2 aliphatic rings. The van der Waals surface area contributed by atoms with E-state index in [0.717, 1.165) is 6.42 Å². The monoisotopic (exact) mass is 165 g/mol. The van der Waals surface area contributed by atoms with E-state index in [-0.39, 0.29) is 5.78 Å². The highest BCUT2D eigenvalue weighted by atomic mass is 16.1. The lowest BCUT2D eigenvalue weighted by atomic mass is 9.86. The van der Waals surface area contributed by atoms with E-state index in [2.05, 4.69) is 11.9 Å². The summed E-state index contributed by atoms with van der Waals surface area (Å²) >= 11 is 0.